The summed E-state index contributed by atoms with van der Waals surface area (Å²) in [6, 6.07) is 5.02. The van der Waals surface area contributed by atoms with Gasteiger partial charge in [0.25, 0.3) is 0 Å². The van der Waals surface area contributed by atoms with E-state index in [1.54, 1.807) is 12.1 Å². The Morgan fingerprint density at radius 1 is 1.35 bits per heavy atom. The molecule has 0 spiro atoms. The molecule has 1 aliphatic carbocycles. The first-order valence-electron chi connectivity index (χ1n) is 6.37. The zero-order valence-electron chi connectivity index (χ0n) is 9.96. The van der Waals surface area contributed by atoms with Crippen molar-refractivity contribution in [3.63, 3.8) is 0 Å². The van der Waals surface area contributed by atoms with Crippen LogP contribution in [0.2, 0.25) is 5.02 Å². The first-order chi connectivity index (χ1) is 8.18. The Bertz CT molecular complexity index is 354. The Labute approximate surface area is 107 Å². The molecule has 0 aromatic heterocycles. The largest absolute Gasteiger partial charge is 0.327 e. The summed E-state index contributed by atoms with van der Waals surface area (Å²) < 4.78 is 13.6. The topological polar surface area (TPSA) is 26.0 Å². The maximum atomic E-state index is 13.6. The van der Waals surface area contributed by atoms with Crippen LogP contribution in [0.3, 0.4) is 0 Å². The van der Waals surface area contributed by atoms with Crippen molar-refractivity contribution in [1.29, 1.82) is 0 Å². The molecule has 0 amide bonds. The molecule has 1 nitrogen and oxygen atoms in total. The second kappa shape index (κ2) is 5.83. The van der Waals surface area contributed by atoms with E-state index in [9.17, 15) is 4.39 Å². The molecule has 1 atom stereocenters. The van der Waals surface area contributed by atoms with Crippen LogP contribution in [0.4, 0.5) is 4.39 Å². The van der Waals surface area contributed by atoms with Crippen molar-refractivity contribution >= 4 is 11.6 Å². The maximum Gasteiger partial charge on any atom is 0.127 e. The molecule has 1 fully saturated rings. The Morgan fingerprint density at radius 2 is 2.06 bits per heavy atom. The molecule has 0 radical (unpaired) electrons. The van der Waals surface area contributed by atoms with Gasteiger partial charge in [0.1, 0.15) is 5.82 Å². The van der Waals surface area contributed by atoms with Gasteiger partial charge in [-0.1, -0.05) is 30.5 Å². The van der Waals surface area contributed by atoms with E-state index in [0.29, 0.717) is 22.9 Å². The molecular weight excluding hydrogens is 237 g/mol. The summed E-state index contributed by atoms with van der Waals surface area (Å²) in [5.74, 6) is 0.414. The third kappa shape index (κ3) is 3.20. The van der Waals surface area contributed by atoms with E-state index in [-0.39, 0.29) is 11.9 Å². The molecule has 1 aromatic rings. The van der Waals surface area contributed by atoms with Gasteiger partial charge in [-0.15, -0.1) is 0 Å². The van der Waals surface area contributed by atoms with Gasteiger partial charge < -0.3 is 5.73 Å². The lowest BCUT2D eigenvalue weighted by atomic mass is 9.93. The Hall–Kier alpha value is -0.600. The van der Waals surface area contributed by atoms with Crippen LogP contribution in [0.1, 0.15) is 37.7 Å². The van der Waals surface area contributed by atoms with Crippen LogP contribution in [-0.4, -0.2) is 6.04 Å². The van der Waals surface area contributed by atoms with Crippen LogP contribution in [0, 0.1) is 11.7 Å². The van der Waals surface area contributed by atoms with Gasteiger partial charge in [-0.3, -0.25) is 0 Å². The SMILES string of the molecule is NC(CCc1c(F)cccc1Cl)C1CCCC1. The van der Waals surface area contributed by atoms with E-state index in [1.807, 2.05) is 0 Å². The first-order valence-corrected chi connectivity index (χ1v) is 6.74. The molecular formula is C14H19ClFN. The quantitative estimate of drug-likeness (QED) is 0.867. The van der Waals surface area contributed by atoms with E-state index < -0.39 is 0 Å². The summed E-state index contributed by atoms with van der Waals surface area (Å²) in [4.78, 5) is 0. The summed E-state index contributed by atoms with van der Waals surface area (Å²) in [6.07, 6.45) is 6.50. The van der Waals surface area contributed by atoms with Crippen LogP contribution in [-0.2, 0) is 6.42 Å². The third-order valence-electron chi connectivity index (χ3n) is 3.79. The zero-order chi connectivity index (χ0) is 12.3. The lowest BCUT2D eigenvalue weighted by molar-refractivity contribution is 0.408. The number of hydrogen-bond acceptors (Lipinski definition) is 1. The second-order valence-electron chi connectivity index (χ2n) is 4.95. The molecule has 0 bridgehead atoms. The van der Waals surface area contributed by atoms with Crippen molar-refractivity contribution in [2.45, 2.75) is 44.6 Å². The van der Waals surface area contributed by atoms with Gasteiger partial charge in [-0.25, -0.2) is 4.39 Å². The van der Waals surface area contributed by atoms with Crippen molar-refractivity contribution in [3.8, 4) is 0 Å². The summed E-state index contributed by atoms with van der Waals surface area (Å²) in [5, 5.41) is 0.517. The average Bonchev–Trinajstić information content (AvgIpc) is 2.81. The minimum Gasteiger partial charge on any atom is -0.327 e. The third-order valence-corrected chi connectivity index (χ3v) is 4.15. The van der Waals surface area contributed by atoms with Crippen molar-refractivity contribution in [3.05, 3.63) is 34.6 Å². The molecule has 94 valence electrons. The van der Waals surface area contributed by atoms with Crippen LogP contribution in [0.15, 0.2) is 18.2 Å². The van der Waals surface area contributed by atoms with Crippen LogP contribution < -0.4 is 5.73 Å². The summed E-state index contributed by atoms with van der Waals surface area (Å²) >= 11 is 5.99. The molecule has 2 N–H and O–H groups in total. The van der Waals surface area contributed by atoms with Crippen LogP contribution >= 0.6 is 11.6 Å². The van der Waals surface area contributed by atoms with Gasteiger partial charge in [0, 0.05) is 16.6 Å². The fourth-order valence-corrected chi connectivity index (χ4v) is 2.96. The van der Waals surface area contributed by atoms with Crippen molar-refractivity contribution in [1.82, 2.24) is 0 Å². The van der Waals surface area contributed by atoms with Gasteiger partial charge >= 0.3 is 0 Å². The number of rotatable bonds is 4. The minimum absolute atomic E-state index is 0.188. The molecule has 1 saturated carbocycles. The number of hydrogen-bond donors (Lipinski definition) is 1. The zero-order valence-corrected chi connectivity index (χ0v) is 10.7. The molecule has 0 saturated heterocycles. The highest BCUT2D eigenvalue weighted by Crippen LogP contribution is 2.29. The van der Waals surface area contributed by atoms with Gasteiger partial charge in [0.2, 0.25) is 0 Å². The number of benzene rings is 1. The maximum absolute atomic E-state index is 13.6. The molecule has 1 unspecified atom stereocenters. The van der Waals surface area contributed by atoms with Gasteiger partial charge in [-0.05, 0) is 43.7 Å². The highest BCUT2D eigenvalue weighted by molar-refractivity contribution is 6.31. The standard InChI is InChI=1S/C14H19ClFN/c15-12-6-3-7-13(16)11(12)8-9-14(17)10-4-1-2-5-10/h3,6-7,10,14H,1-2,4-5,8-9,17H2. The van der Waals surface area contributed by atoms with E-state index >= 15 is 0 Å². The predicted octanol–water partition coefficient (Wildman–Crippen LogP) is 3.93. The van der Waals surface area contributed by atoms with Gasteiger partial charge in [0.05, 0.1) is 0 Å². The lowest BCUT2D eigenvalue weighted by Crippen LogP contribution is -2.28. The van der Waals surface area contributed by atoms with Gasteiger partial charge in [0.15, 0.2) is 0 Å². The second-order valence-corrected chi connectivity index (χ2v) is 5.35. The lowest BCUT2D eigenvalue weighted by Gasteiger charge is -2.19. The molecule has 2 rings (SSSR count). The summed E-state index contributed by atoms with van der Waals surface area (Å²) in [6.45, 7) is 0. The fourth-order valence-electron chi connectivity index (χ4n) is 2.70. The fraction of sp³-hybridized carbons (Fsp3) is 0.571. The van der Waals surface area contributed by atoms with Crippen molar-refractivity contribution in [2.24, 2.45) is 11.7 Å². The van der Waals surface area contributed by atoms with E-state index in [0.717, 1.165) is 6.42 Å². The normalized spacial score (nSPS) is 18.5. The number of halogens is 2. The minimum atomic E-state index is -0.212. The van der Waals surface area contributed by atoms with E-state index in [2.05, 4.69) is 0 Å². The summed E-state index contributed by atoms with van der Waals surface area (Å²) in [5.41, 5.74) is 6.77. The highest BCUT2D eigenvalue weighted by atomic mass is 35.5. The number of nitrogens with two attached hydrogens (primary N) is 1. The van der Waals surface area contributed by atoms with Crippen LogP contribution in [0.25, 0.3) is 0 Å². The van der Waals surface area contributed by atoms with E-state index in [4.69, 9.17) is 17.3 Å². The smallest absolute Gasteiger partial charge is 0.127 e. The highest BCUT2D eigenvalue weighted by Gasteiger charge is 2.22. The van der Waals surface area contributed by atoms with Crippen molar-refractivity contribution in [2.75, 3.05) is 0 Å². The summed E-state index contributed by atoms with van der Waals surface area (Å²) in [7, 11) is 0. The van der Waals surface area contributed by atoms with Gasteiger partial charge in [-0.2, -0.15) is 0 Å². The first kappa shape index (κ1) is 12.8. The Balaban J connectivity index is 1.92. The monoisotopic (exact) mass is 255 g/mol. The predicted molar refractivity (Wildman–Crippen MR) is 69.7 cm³/mol. The average molecular weight is 256 g/mol. The molecule has 1 aromatic carbocycles. The van der Waals surface area contributed by atoms with Crippen LogP contribution in [0.5, 0.6) is 0 Å². The van der Waals surface area contributed by atoms with Crippen molar-refractivity contribution < 1.29 is 4.39 Å². The Morgan fingerprint density at radius 3 is 2.71 bits per heavy atom. The van der Waals surface area contributed by atoms with E-state index in [1.165, 1.54) is 31.7 Å². The molecule has 17 heavy (non-hydrogen) atoms. The Kier molecular flexibility index (Phi) is 4.41. The molecule has 1 aliphatic rings. The molecule has 0 heterocycles. The molecule has 0 aliphatic heterocycles. The molecule has 3 heteroatoms.